The third-order valence-corrected chi connectivity index (χ3v) is 6.31. The summed E-state index contributed by atoms with van der Waals surface area (Å²) in [6.45, 7) is 2.67. The number of thiophene rings is 1. The van der Waals surface area contributed by atoms with Crippen LogP contribution in [-0.2, 0) is 21.2 Å². The molecule has 1 aromatic rings. The van der Waals surface area contributed by atoms with Crippen LogP contribution in [0.1, 0.15) is 11.8 Å². The Kier molecular flexibility index (Phi) is 4.02. The van der Waals surface area contributed by atoms with Gasteiger partial charge in [0, 0.05) is 11.4 Å². The quantitative estimate of drug-likeness (QED) is 0.837. The first-order valence-electron chi connectivity index (χ1n) is 5.68. The van der Waals surface area contributed by atoms with Gasteiger partial charge in [-0.25, -0.2) is 8.42 Å². The highest BCUT2D eigenvalue weighted by Crippen LogP contribution is 2.26. The fraction of sp³-hybridized carbons (Fsp3) is 0.545. The van der Waals surface area contributed by atoms with E-state index >= 15 is 0 Å². The molecule has 0 amide bonds. The Morgan fingerprint density at radius 3 is 3.00 bits per heavy atom. The molecule has 2 rings (SSSR count). The second-order valence-corrected chi connectivity index (χ2v) is 7.26. The van der Waals surface area contributed by atoms with Gasteiger partial charge in [-0.15, -0.1) is 11.3 Å². The van der Waals surface area contributed by atoms with Crippen LogP contribution < -0.4 is 0 Å². The molecule has 1 aliphatic heterocycles. The van der Waals surface area contributed by atoms with Crippen molar-refractivity contribution in [1.29, 1.82) is 5.26 Å². The summed E-state index contributed by atoms with van der Waals surface area (Å²) in [7, 11) is -3.47. The second kappa shape index (κ2) is 5.36. The molecule has 1 aliphatic rings. The Balaban J connectivity index is 2.23. The maximum absolute atomic E-state index is 12.3. The van der Waals surface area contributed by atoms with Crippen molar-refractivity contribution in [3.8, 4) is 6.07 Å². The first-order chi connectivity index (χ1) is 8.57. The molecule has 5 nitrogen and oxygen atoms in total. The van der Waals surface area contributed by atoms with E-state index in [0.29, 0.717) is 10.8 Å². The number of morpholine rings is 1. The number of nitrogens with zero attached hydrogens (tertiary/aromatic N) is 2. The van der Waals surface area contributed by atoms with Crippen LogP contribution in [0.5, 0.6) is 0 Å². The fourth-order valence-corrected chi connectivity index (χ4v) is 4.61. The van der Waals surface area contributed by atoms with Crippen LogP contribution in [0.4, 0.5) is 0 Å². The molecule has 1 fully saturated rings. The van der Waals surface area contributed by atoms with Crippen LogP contribution in [-0.4, -0.2) is 38.5 Å². The van der Waals surface area contributed by atoms with Crippen molar-refractivity contribution >= 4 is 21.4 Å². The smallest absolute Gasteiger partial charge is 0.252 e. The maximum Gasteiger partial charge on any atom is 0.252 e. The van der Waals surface area contributed by atoms with Crippen molar-refractivity contribution in [3.05, 3.63) is 17.0 Å². The zero-order valence-corrected chi connectivity index (χ0v) is 11.6. The lowest BCUT2D eigenvalue weighted by atomic mass is 10.3. The third-order valence-electron chi connectivity index (χ3n) is 2.75. The average Bonchev–Trinajstić information content (AvgIpc) is 2.88. The molecule has 1 saturated heterocycles. The highest BCUT2D eigenvalue weighted by atomic mass is 32.2. The van der Waals surface area contributed by atoms with Gasteiger partial charge in [-0.3, -0.25) is 0 Å². The Labute approximate surface area is 111 Å². The lowest BCUT2D eigenvalue weighted by molar-refractivity contribution is 0.0312. The van der Waals surface area contributed by atoms with Crippen molar-refractivity contribution in [1.82, 2.24) is 4.31 Å². The van der Waals surface area contributed by atoms with Crippen LogP contribution in [0, 0.1) is 11.3 Å². The van der Waals surface area contributed by atoms with Gasteiger partial charge in [0.1, 0.15) is 4.21 Å². The predicted molar refractivity (Wildman–Crippen MR) is 67.8 cm³/mol. The van der Waals surface area contributed by atoms with Crippen LogP contribution in [0.25, 0.3) is 0 Å². The molecule has 0 bridgehead atoms. The van der Waals surface area contributed by atoms with Gasteiger partial charge in [0.2, 0.25) is 0 Å². The highest BCUT2D eigenvalue weighted by Gasteiger charge is 2.31. The van der Waals surface area contributed by atoms with Gasteiger partial charge in [0.05, 0.1) is 19.2 Å². The molecule has 7 heteroatoms. The van der Waals surface area contributed by atoms with Gasteiger partial charge in [0.25, 0.3) is 10.0 Å². The van der Waals surface area contributed by atoms with Crippen LogP contribution >= 0.6 is 11.3 Å². The van der Waals surface area contributed by atoms with E-state index < -0.39 is 16.1 Å². The van der Waals surface area contributed by atoms with Crippen molar-refractivity contribution in [2.45, 2.75) is 23.7 Å². The molecular formula is C11H14N2O3S2. The number of hydrogen-bond acceptors (Lipinski definition) is 5. The molecular weight excluding hydrogens is 272 g/mol. The molecule has 0 radical (unpaired) electrons. The van der Waals surface area contributed by atoms with Gasteiger partial charge < -0.3 is 4.74 Å². The van der Waals surface area contributed by atoms with E-state index in [1.165, 1.54) is 15.6 Å². The zero-order valence-electron chi connectivity index (χ0n) is 10.00. The van der Waals surface area contributed by atoms with Crippen molar-refractivity contribution < 1.29 is 13.2 Å². The van der Waals surface area contributed by atoms with E-state index in [2.05, 4.69) is 0 Å². The maximum atomic E-state index is 12.3. The number of sulfonamides is 1. The fourth-order valence-electron chi connectivity index (χ4n) is 1.74. The van der Waals surface area contributed by atoms with E-state index in [9.17, 15) is 8.42 Å². The number of hydrogen-bond donors (Lipinski definition) is 0. The first-order valence-corrected chi connectivity index (χ1v) is 7.93. The highest BCUT2D eigenvalue weighted by molar-refractivity contribution is 7.91. The molecule has 0 aliphatic carbocycles. The second-order valence-electron chi connectivity index (χ2n) is 3.93. The minimum absolute atomic E-state index is 0.109. The molecule has 1 unspecified atom stereocenters. The SMILES string of the molecule is CCc1ccc(S(=O)(=O)N2CCOC(C#N)C2)s1. The zero-order chi connectivity index (χ0) is 13.2. The first kappa shape index (κ1) is 13.5. The molecule has 0 N–H and O–H groups in total. The number of nitriles is 1. The summed E-state index contributed by atoms with van der Waals surface area (Å²) in [6, 6.07) is 5.42. The van der Waals surface area contributed by atoms with Crippen molar-refractivity contribution in [2.75, 3.05) is 19.7 Å². The molecule has 0 spiro atoms. The largest absolute Gasteiger partial charge is 0.361 e. The van der Waals surface area contributed by atoms with Crippen LogP contribution in [0.3, 0.4) is 0 Å². The number of rotatable bonds is 3. The molecule has 0 saturated carbocycles. The molecule has 0 aromatic carbocycles. The molecule has 18 heavy (non-hydrogen) atoms. The number of aryl methyl sites for hydroxylation is 1. The van der Waals surface area contributed by atoms with Gasteiger partial charge in [-0.2, -0.15) is 9.57 Å². The van der Waals surface area contributed by atoms with Crippen LogP contribution in [0.2, 0.25) is 0 Å². The summed E-state index contributed by atoms with van der Waals surface area (Å²) in [5.74, 6) is 0. The molecule has 98 valence electrons. The summed E-state index contributed by atoms with van der Waals surface area (Å²) >= 11 is 1.29. The predicted octanol–water partition coefficient (Wildman–Crippen LogP) is 1.22. The topological polar surface area (TPSA) is 70.4 Å². The molecule has 1 aromatic heterocycles. The third kappa shape index (κ3) is 2.57. The Morgan fingerprint density at radius 2 is 2.39 bits per heavy atom. The minimum atomic E-state index is -3.47. The summed E-state index contributed by atoms with van der Waals surface area (Å²) in [5, 5.41) is 8.79. The van der Waals surface area contributed by atoms with E-state index in [-0.39, 0.29) is 13.2 Å². The van der Waals surface area contributed by atoms with Gasteiger partial charge >= 0.3 is 0 Å². The Morgan fingerprint density at radius 1 is 1.61 bits per heavy atom. The Hall–Kier alpha value is -0.940. The number of ether oxygens (including phenoxy) is 1. The lowest BCUT2D eigenvalue weighted by Crippen LogP contribution is -2.44. The standard InChI is InChI=1S/C11H14N2O3S2/c1-2-10-3-4-11(17-10)18(14,15)13-5-6-16-9(7-12)8-13/h3-4,9H,2,5-6,8H2,1H3. The van der Waals surface area contributed by atoms with Gasteiger partial charge in [-0.1, -0.05) is 6.92 Å². The summed E-state index contributed by atoms with van der Waals surface area (Å²) in [4.78, 5) is 1.04. The lowest BCUT2D eigenvalue weighted by Gasteiger charge is -2.28. The van der Waals surface area contributed by atoms with E-state index in [1.807, 2.05) is 19.1 Å². The van der Waals surface area contributed by atoms with Crippen LogP contribution in [0.15, 0.2) is 16.3 Å². The van der Waals surface area contributed by atoms with Gasteiger partial charge in [0.15, 0.2) is 6.10 Å². The normalized spacial score (nSPS) is 21.7. The minimum Gasteiger partial charge on any atom is -0.361 e. The summed E-state index contributed by atoms with van der Waals surface area (Å²) in [6.07, 6.45) is 0.156. The van der Waals surface area contributed by atoms with Crippen molar-refractivity contribution in [3.63, 3.8) is 0 Å². The Bertz CT molecular complexity index is 559. The monoisotopic (exact) mass is 286 g/mol. The average molecular weight is 286 g/mol. The van der Waals surface area contributed by atoms with Crippen molar-refractivity contribution in [2.24, 2.45) is 0 Å². The molecule has 1 atom stereocenters. The summed E-state index contributed by atoms with van der Waals surface area (Å²) < 4.78 is 31.5. The van der Waals surface area contributed by atoms with E-state index in [0.717, 1.165) is 11.3 Å². The summed E-state index contributed by atoms with van der Waals surface area (Å²) in [5.41, 5.74) is 0. The van der Waals surface area contributed by atoms with E-state index in [4.69, 9.17) is 10.00 Å². The van der Waals surface area contributed by atoms with Gasteiger partial charge in [-0.05, 0) is 18.6 Å². The molecule has 2 heterocycles. The van der Waals surface area contributed by atoms with E-state index in [1.54, 1.807) is 6.07 Å².